The molecule has 4 aromatic rings. The first kappa shape index (κ1) is 28.2. The predicted molar refractivity (Wildman–Crippen MR) is 156 cm³/mol. The highest BCUT2D eigenvalue weighted by atomic mass is 16.5. The average Bonchev–Trinajstić information content (AvgIpc) is 3.47. The highest BCUT2D eigenvalue weighted by molar-refractivity contribution is 5.88. The number of anilines is 2. The van der Waals surface area contributed by atoms with Crippen LogP contribution < -0.4 is 15.4 Å². The Labute approximate surface area is 239 Å². The molecule has 4 aromatic heterocycles. The molecule has 1 atom stereocenters. The maximum Gasteiger partial charge on any atom is 0.326 e. The monoisotopic (exact) mass is 559 g/mol. The van der Waals surface area contributed by atoms with Gasteiger partial charge in [-0.1, -0.05) is 6.07 Å². The fourth-order valence-electron chi connectivity index (χ4n) is 5.01. The third-order valence-corrected chi connectivity index (χ3v) is 7.32. The second-order valence-corrected chi connectivity index (χ2v) is 10.3. The average molecular weight is 560 g/mol. The Morgan fingerprint density at radius 2 is 2.10 bits per heavy atom. The molecule has 1 aliphatic heterocycles. The zero-order valence-electron chi connectivity index (χ0n) is 23.3. The number of carboxylic acid groups (broad SMARTS) is 1. The van der Waals surface area contributed by atoms with Crippen LogP contribution in [0.3, 0.4) is 0 Å². The van der Waals surface area contributed by atoms with Crippen molar-refractivity contribution in [1.29, 1.82) is 0 Å². The largest absolute Gasteiger partial charge is 0.490 e. The van der Waals surface area contributed by atoms with E-state index in [2.05, 4.69) is 52.8 Å². The topological polar surface area (TPSA) is 154 Å². The molecule has 0 radical (unpaired) electrons. The first-order chi connectivity index (χ1) is 20.1. The van der Waals surface area contributed by atoms with Crippen LogP contribution >= 0.6 is 0 Å². The third-order valence-electron chi connectivity index (χ3n) is 7.32. The Morgan fingerprint density at radius 1 is 1.17 bits per heavy atom. The van der Waals surface area contributed by atoms with E-state index in [1.807, 2.05) is 19.1 Å². The lowest BCUT2D eigenvalue weighted by Crippen LogP contribution is -2.37. The number of aliphatic carboxylic acids is 1. The summed E-state index contributed by atoms with van der Waals surface area (Å²) in [5, 5.41) is 23.9. The lowest BCUT2D eigenvalue weighted by Gasteiger charge is -2.25. The molecule has 216 valence electrons. The second kappa shape index (κ2) is 13.8. The Balaban J connectivity index is 1.17. The number of ether oxygens (including phenoxy) is 1. The van der Waals surface area contributed by atoms with Crippen molar-refractivity contribution >= 4 is 28.6 Å². The van der Waals surface area contributed by atoms with Crippen LogP contribution in [0.4, 0.5) is 11.6 Å². The molecule has 0 saturated heterocycles. The smallest absolute Gasteiger partial charge is 0.326 e. The molecule has 0 aromatic carbocycles. The molecule has 0 amide bonds. The van der Waals surface area contributed by atoms with Crippen LogP contribution in [0.5, 0.6) is 5.75 Å². The van der Waals surface area contributed by atoms with Gasteiger partial charge in [-0.3, -0.25) is 15.0 Å². The van der Waals surface area contributed by atoms with Crippen LogP contribution in [0.2, 0.25) is 0 Å². The molecular weight excluding hydrogens is 522 g/mol. The third kappa shape index (κ3) is 7.66. The Kier molecular flexibility index (Phi) is 9.53. The number of pyridine rings is 2. The number of carbonyl (C=O) groups is 1. The predicted octanol–water partition coefficient (Wildman–Crippen LogP) is 3.47. The quantitative estimate of drug-likeness (QED) is 0.158. The molecule has 0 bridgehead atoms. The highest BCUT2D eigenvalue weighted by Crippen LogP contribution is 2.21. The molecule has 41 heavy (non-hydrogen) atoms. The van der Waals surface area contributed by atoms with E-state index in [9.17, 15) is 9.90 Å². The molecule has 0 saturated carbocycles. The summed E-state index contributed by atoms with van der Waals surface area (Å²) in [4.78, 5) is 31.9. The number of hydrogen-bond acceptors (Lipinski definition) is 10. The number of nitrogens with one attached hydrogen (secondary N) is 3. The van der Waals surface area contributed by atoms with Crippen molar-refractivity contribution in [2.24, 2.45) is 0 Å². The number of rotatable bonds is 15. The van der Waals surface area contributed by atoms with Crippen molar-refractivity contribution in [2.45, 2.75) is 51.5 Å². The number of aryl methyl sites for hydroxylation is 3. The molecule has 1 aliphatic rings. The van der Waals surface area contributed by atoms with Crippen LogP contribution in [-0.4, -0.2) is 84.9 Å². The van der Waals surface area contributed by atoms with E-state index in [1.54, 1.807) is 12.4 Å². The van der Waals surface area contributed by atoms with E-state index in [0.717, 1.165) is 68.1 Å². The van der Waals surface area contributed by atoms with E-state index in [1.165, 1.54) is 11.9 Å². The van der Waals surface area contributed by atoms with Crippen molar-refractivity contribution in [3.8, 4) is 5.75 Å². The standard InChI is InChI=1S/C29H37N9O3/c1-20-25(8-5-12-30-20)41-17-16-38(14-3-2-7-22-10-9-21-6-4-13-31-26(21)35-22)15-11-24(29(39)40)36-27-23-18-34-37-28(23)33-19-32-27/h5,8-10,12,18-19,24H,2-4,6-7,11,13-17H2,1H3,(H,31,35)(H,39,40)(H2,32,33,34,36,37). The maximum absolute atomic E-state index is 12.2. The summed E-state index contributed by atoms with van der Waals surface area (Å²) >= 11 is 0. The molecular formula is C29H37N9O3. The van der Waals surface area contributed by atoms with Crippen molar-refractivity contribution in [3.63, 3.8) is 0 Å². The van der Waals surface area contributed by atoms with Crippen LogP contribution in [-0.2, 0) is 17.6 Å². The van der Waals surface area contributed by atoms with Crippen LogP contribution in [0.1, 0.15) is 42.6 Å². The molecule has 12 heteroatoms. The molecule has 1 unspecified atom stereocenters. The number of unbranched alkanes of at least 4 members (excludes halogenated alkanes) is 1. The Morgan fingerprint density at radius 3 is 2.98 bits per heavy atom. The van der Waals surface area contributed by atoms with Gasteiger partial charge in [-0.25, -0.2) is 19.7 Å². The first-order valence-corrected chi connectivity index (χ1v) is 14.2. The second-order valence-electron chi connectivity index (χ2n) is 10.3. The zero-order valence-corrected chi connectivity index (χ0v) is 23.3. The molecule has 12 nitrogen and oxygen atoms in total. The van der Waals surface area contributed by atoms with E-state index < -0.39 is 12.0 Å². The van der Waals surface area contributed by atoms with E-state index in [-0.39, 0.29) is 0 Å². The van der Waals surface area contributed by atoms with Crippen molar-refractivity contribution in [2.75, 3.05) is 43.4 Å². The van der Waals surface area contributed by atoms with Crippen LogP contribution in [0.15, 0.2) is 43.0 Å². The minimum Gasteiger partial charge on any atom is -0.490 e. The summed E-state index contributed by atoms with van der Waals surface area (Å²) in [5.74, 6) is 1.30. The van der Waals surface area contributed by atoms with Gasteiger partial charge in [0.15, 0.2) is 5.65 Å². The molecule has 5 heterocycles. The molecule has 0 aliphatic carbocycles. The number of nitrogens with zero attached hydrogens (tertiary/aromatic N) is 6. The number of aromatic nitrogens is 6. The van der Waals surface area contributed by atoms with Gasteiger partial charge in [-0.05, 0) is 75.8 Å². The minimum atomic E-state index is -0.936. The SMILES string of the molecule is Cc1ncccc1OCCN(CCCCc1ccc2c(n1)NCCC2)CCC(Nc1ncnc2[nH]ncc12)C(=O)O. The van der Waals surface area contributed by atoms with E-state index in [0.29, 0.717) is 43.0 Å². The number of H-pyrrole nitrogens is 1. The van der Waals surface area contributed by atoms with Gasteiger partial charge in [-0.15, -0.1) is 0 Å². The summed E-state index contributed by atoms with van der Waals surface area (Å²) in [5.41, 5.74) is 3.80. The van der Waals surface area contributed by atoms with Crippen molar-refractivity contribution in [3.05, 3.63) is 59.9 Å². The van der Waals surface area contributed by atoms with Gasteiger partial charge in [-0.2, -0.15) is 5.10 Å². The van der Waals surface area contributed by atoms with Crippen molar-refractivity contribution in [1.82, 2.24) is 35.0 Å². The Hall–Kier alpha value is -4.32. The summed E-state index contributed by atoms with van der Waals surface area (Å²) in [6.45, 7) is 5.46. The van der Waals surface area contributed by atoms with E-state index in [4.69, 9.17) is 9.72 Å². The molecule has 5 rings (SSSR count). The molecule has 0 spiro atoms. The van der Waals surface area contributed by atoms with Gasteiger partial charge in [0, 0.05) is 31.5 Å². The number of carboxylic acids is 1. The van der Waals surface area contributed by atoms with Crippen LogP contribution in [0, 0.1) is 6.92 Å². The molecule has 0 fully saturated rings. The normalized spacial score (nSPS) is 13.5. The van der Waals surface area contributed by atoms with E-state index >= 15 is 0 Å². The minimum absolute atomic E-state index is 0.392. The summed E-state index contributed by atoms with van der Waals surface area (Å²) in [6, 6.07) is 7.29. The van der Waals surface area contributed by atoms with Crippen LogP contribution in [0.25, 0.3) is 11.0 Å². The fourth-order valence-corrected chi connectivity index (χ4v) is 5.01. The summed E-state index contributed by atoms with van der Waals surface area (Å²) < 4.78 is 6.00. The molecule has 4 N–H and O–H groups in total. The number of hydrogen-bond donors (Lipinski definition) is 4. The van der Waals surface area contributed by atoms with Gasteiger partial charge in [0.2, 0.25) is 0 Å². The highest BCUT2D eigenvalue weighted by Gasteiger charge is 2.21. The van der Waals surface area contributed by atoms with Gasteiger partial charge < -0.3 is 20.5 Å². The lowest BCUT2D eigenvalue weighted by atomic mass is 10.1. The zero-order chi connectivity index (χ0) is 28.4. The summed E-state index contributed by atoms with van der Waals surface area (Å²) in [6.07, 6.45) is 10.2. The fraction of sp³-hybridized carbons (Fsp3) is 0.448. The summed E-state index contributed by atoms with van der Waals surface area (Å²) in [7, 11) is 0. The number of aromatic amines is 1. The number of fused-ring (bicyclic) bond motifs is 2. The van der Waals surface area contributed by atoms with Gasteiger partial charge in [0.05, 0.1) is 17.3 Å². The van der Waals surface area contributed by atoms with Crippen molar-refractivity contribution < 1.29 is 14.6 Å². The van der Waals surface area contributed by atoms with Gasteiger partial charge in [0.1, 0.15) is 36.4 Å². The van der Waals surface area contributed by atoms with Gasteiger partial charge >= 0.3 is 5.97 Å². The Bertz CT molecular complexity index is 1440. The lowest BCUT2D eigenvalue weighted by molar-refractivity contribution is -0.138. The van der Waals surface area contributed by atoms with Gasteiger partial charge in [0.25, 0.3) is 0 Å². The first-order valence-electron chi connectivity index (χ1n) is 14.2. The maximum atomic E-state index is 12.2.